The van der Waals surface area contributed by atoms with Gasteiger partial charge < -0.3 is 5.32 Å². The normalized spacial score (nSPS) is 22.4. The molecule has 106 valence electrons. The summed E-state index contributed by atoms with van der Waals surface area (Å²) in [5, 5.41) is 3.42. The zero-order valence-electron chi connectivity index (χ0n) is 12.7. The van der Waals surface area contributed by atoms with Crippen molar-refractivity contribution in [3.8, 4) is 0 Å². The average molecular weight is 260 g/mol. The number of likely N-dealkylation sites (N-methyl/N-ethyl adjacent to an activating group) is 1. The van der Waals surface area contributed by atoms with Gasteiger partial charge in [-0.05, 0) is 50.9 Å². The largest absolute Gasteiger partial charge is 0.316 e. The van der Waals surface area contributed by atoms with Gasteiger partial charge in [0.05, 0.1) is 0 Å². The molecule has 19 heavy (non-hydrogen) atoms. The Labute approximate surface area is 118 Å². The number of hydrogen-bond acceptors (Lipinski definition) is 2. The first kappa shape index (κ1) is 14.5. The van der Waals surface area contributed by atoms with Crippen molar-refractivity contribution in [2.24, 2.45) is 0 Å². The predicted molar refractivity (Wildman–Crippen MR) is 82.5 cm³/mol. The highest BCUT2D eigenvalue weighted by atomic mass is 15.2. The van der Waals surface area contributed by atoms with Crippen molar-refractivity contribution in [1.29, 1.82) is 0 Å². The molecule has 1 fully saturated rings. The fourth-order valence-corrected chi connectivity index (χ4v) is 3.06. The molecule has 0 aromatic heterocycles. The van der Waals surface area contributed by atoms with E-state index in [2.05, 4.69) is 55.4 Å². The lowest BCUT2D eigenvalue weighted by atomic mass is 9.99. The van der Waals surface area contributed by atoms with Crippen LogP contribution in [0.1, 0.15) is 50.3 Å². The van der Waals surface area contributed by atoms with Crippen LogP contribution >= 0.6 is 0 Å². The number of aryl methyl sites for hydroxylation is 1. The van der Waals surface area contributed by atoms with Gasteiger partial charge in [-0.25, -0.2) is 0 Å². The molecule has 0 saturated carbocycles. The first-order valence-corrected chi connectivity index (χ1v) is 7.74. The van der Waals surface area contributed by atoms with Crippen molar-refractivity contribution in [3.05, 3.63) is 35.4 Å². The lowest BCUT2D eigenvalue weighted by molar-refractivity contribution is 0.149. The molecule has 2 atom stereocenters. The molecule has 1 N–H and O–H groups in total. The van der Waals surface area contributed by atoms with Crippen molar-refractivity contribution >= 4 is 0 Å². The van der Waals surface area contributed by atoms with E-state index in [0.29, 0.717) is 12.1 Å². The summed E-state index contributed by atoms with van der Waals surface area (Å²) in [6, 6.07) is 10.4. The second-order valence-electron chi connectivity index (χ2n) is 5.79. The maximum Gasteiger partial charge on any atom is 0.0320 e. The van der Waals surface area contributed by atoms with Crippen LogP contribution in [0.3, 0.4) is 0 Å². The molecular weight excluding hydrogens is 232 g/mol. The summed E-state index contributed by atoms with van der Waals surface area (Å²) in [6.45, 7) is 6.99. The van der Waals surface area contributed by atoms with Crippen LogP contribution in [0.5, 0.6) is 0 Å². The van der Waals surface area contributed by atoms with Gasteiger partial charge in [-0.1, -0.05) is 37.6 Å². The molecule has 1 aliphatic rings. The van der Waals surface area contributed by atoms with E-state index in [1.807, 2.05) is 0 Å². The maximum atomic E-state index is 3.42. The second-order valence-corrected chi connectivity index (χ2v) is 5.79. The van der Waals surface area contributed by atoms with Gasteiger partial charge in [0.1, 0.15) is 0 Å². The van der Waals surface area contributed by atoms with Gasteiger partial charge in [0.25, 0.3) is 0 Å². The summed E-state index contributed by atoms with van der Waals surface area (Å²) in [6.07, 6.45) is 5.05. The van der Waals surface area contributed by atoms with E-state index in [-0.39, 0.29) is 0 Å². The first-order valence-electron chi connectivity index (χ1n) is 7.74. The molecule has 1 aromatic carbocycles. The minimum atomic E-state index is 0.534. The SMILES string of the molecule is CCCc1ccc(C(C)N2CCCC(NC)C2)cc1. The number of benzene rings is 1. The van der Waals surface area contributed by atoms with Crippen LogP contribution < -0.4 is 5.32 Å². The van der Waals surface area contributed by atoms with Crippen LogP contribution in [0.15, 0.2) is 24.3 Å². The lowest BCUT2D eigenvalue weighted by Gasteiger charge is -2.37. The monoisotopic (exact) mass is 260 g/mol. The summed E-state index contributed by atoms with van der Waals surface area (Å²) in [7, 11) is 2.08. The Morgan fingerprint density at radius 3 is 2.68 bits per heavy atom. The smallest absolute Gasteiger partial charge is 0.0320 e. The van der Waals surface area contributed by atoms with Gasteiger partial charge in [0.2, 0.25) is 0 Å². The molecule has 0 radical (unpaired) electrons. The zero-order valence-corrected chi connectivity index (χ0v) is 12.7. The molecule has 1 aliphatic heterocycles. The molecule has 0 bridgehead atoms. The Kier molecular flexibility index (Phi) is 5.41. The number of rotatable bonds is 5. The highest BCUT2D eigenvalue weighted by molar-refractivity contribution is 5.25. The fraction of sp³-hybridized carbons (Fsp3) is 0.647. The van der Waals surface area contributed by atoms with Gasteiger partial charge in [0.15, 0.2) is 0 Å². The average Bonchev–Trinajstić information content (AvgIpc) is 2.48. The Morgan fingerprint density at radius 1 is 1.32 bits per heavy atom. The van der Waals surface area contributed by atoms with Crippen LogP contribution in [-0.4, -0.2) is 31.1 Å². The van der Waals surface area contributed by atoms with E-state index >= 15 is 0 Å². The maximum absolute atomic E-state index is 3.42. The van der Waals surface area contributed by atoms with Crippen LogP contribution in [0.2, 0.25) is 0 Å². The van der Waals surface area contributed by atoms with E-state index in [1.165, 1.54) is 49.9 Å². The molecule has 2 rings (SSSR count). The van der Waals surface area contributed by atoms with E-state index in [1.54, 1.807) is 0 Å². The molecule has 2 unspecified atom stereocenters. The van der Waals surface area contributed by atoms with Gasteiger partial charge in [0, 0.05) is 18.6 Å². The Balaban J connectivity index is 1.99. The topological polar surface area (TPSA) is 15.3 Å². The van der Waals surface area contributed by atoms with Crippen molar-refractivity contribution < 1.29 is 0 Å². The molecule has 0 spiro atoms. The van der Waals surface area contributed by atoms with Crippen LogP contribution in [0.25, 0.3) is 0 Å². The zero-order chi connectivity index (χ0) is 13.7. The minimum absolute atomic E-state index is 0.534. The van der Waals surface area contributed by atoms with Crippen molar-refractivity contribution in [1.82, 2.24) is 10.2 Å². The number of hydrogen-bond donors (Lipinski definition) is 1. The first-order chi connectivity index (χ1) is 9.24. The standard InChI is InChI=1S/C17H28N2/c1-4-6-15-8-10-16(11-9-15)14(2)19-12-5-7-17(13-19)18-3/h8-11,14,17-18H,4-7,12-13H2,1-3H3. The third-order valence-electron chi connectivity index (χ3n) is 4.41. The second kappa shape index (κ2) is 7.06. The van der Waals surface area contributed by atoms with Gasteiger partial charge in [-0.2, -0.15) is 0 Å². The molecule has 1 saturated heterocycles. The molecular formula is C17H28N2. The summed E-state index contributed by atoms with van der Waals surface area (Å²) >= 11 is 0. The lowest BCUT2D eigenvalue weighted by Crippen LogP contribution is -2.45. The summed E-state index contributed by atoms with van der Waals surface area (Å²) in [4.78, 5) is 2.61. The molecule has 0 amide bonds. The number of nitrogens with one attached hydrogen (secondary N) is 1. The van der Waals surface area contributed by atoms with Crippen LogP contribution in [-0.2, 0) is 6.42 Å². The summed E-state index contributed by atoms with van der Waals surface area (Å²) < 4.78 is 0. The summed E-state index contributed by atoms with van der Waals surface area (Å²) in [5.74, 6) is 0. The van der Waals surface area contributed by atoms with Gasteiger partial charge in [-0.15, -0.1) is 0 Å². The predicted octanol–water partition coefficient (Wildman–Crippen LogP) is 3.38. The van der Waals surface area contributed by atoms with Crippen molar-refractivity contribution in [2.75, 3.05) is 20.1 Å². The quantitative estimate of drug-likeness (QED) is 0.873. The molecule has 2 nitrogen and oxygen atoms in total. The van der Waals surface area contributed by atoms with E-state index in [0.717, 1.165) is 0 Å². The third kappa shape index (κ3) is 3.80. The Morgan fingerprint density at radius 2 is 2.05 bits per heavy atom. The van der Waals surface area contributed by atoms with E-state index in [4.69, 9.17) is 0 Å². The Hall–Kier alpha value is -0.860. The van der Waals surface area contributed by atoms with E-state index in [9.17, 15) is 0 Å². The minimum Gasteiger partial charge on any atom is -0.316 e. The Bertz CT molecular complexity index is 371. The number of likely N-dealkylation sites (tertiary alicyclic amines) is 1. The highest BCUT2D eigenvalue weighted by Gasteiger charge is 2.23. The molecule has 1 aromatic rings. The van der Waals surface area contributed by atoms with E-state index < -0.39 is 0 Å². The fourth-order valence-electron chi connectivity index (χ4n) is 3.06. The van der Waals surface area contributed by atoms with Crippen LogP contribution in [0, 0.1) is 0 Å². The summed E-state index contributed by atoms with van der Waals surface area (Å²) in [5.41, 5.74) is 2.92. The molecule has 1 heterocycles. The molecule has 0 aliphatic carbocycles. The number of piperidine rings is 1. The van der Waals surface area contributed by atoms with Gasteiger partial charge >= 0.3 is 0 Å². The van der Waals surface area contributed by atoms with Crippen molar-refractivity contribution in [2.45, 2.75) is 51.6 Å². The van der Waals surface area contributed by atoms with Crippen LogP contribution in [0.4, 0.5) is 0 Å². The highest BCUT2D eigenvalue weighted by Crippen LogP contribution is 2.24. The van der Waals surface area contributed by atoms with Gasteiger partial charge in [-0.3, -0.25) is 4.90 Å². The van der Waals surface area contributed by atoms with Crippen molar-refractivity contribution in [3.63, 3.8) is 0 Å². The number of nitrogens with zero attached hydrogens (tertiary/aromatic N) is 1. The third-order valence-corrected chi connectivity index (χ3v) is 4.41. The molecule has 2 heteroatoms.